The van der Waals surface area contributed by atoms with Gasteiger partial charge in [-0.1, -0.05) is 0 Å². The monoisotopic (exact) mass is 448 g/mol. The number of carbonyl (C=O) groups is 1. The molecule has 3 aromatic rings. The predicted octanol–water partition coefficient (Wildman–Crippen LogP) is 6.01. The van der Waals surface area contributed by atoms with Crippen molar-refractivity contribution >= 4 is 29.1 Å². The summed E-state index contributed by atoms with van der Waals surface area (Å²) in [6, 6.07) is 33.6. The molecule has 0 heterocycles. The van der Waals surface area contributed by atoms with Gasteiger partial charge in [-0.3, -0.25) is 0 Å². The van der Waals surface area contributed by atoms with E-state index in [1.165, 1.54) is 61.1 Å². The molecule has 0 fully saturated rings. The minimum absolute atomic E-state index is 0.173. The number of benzene rings is 3. The van der Waals surface area contributed by atoms with Crippen molar-refractivity contribution in [3.05, 3.63) is 91.0 Å². The van der Waals surface area contributed by atoms with Crippen LogP contribution in [0.4, 0.5) is 0 Å². The van der Waals surface area contributed by atoms with Crippen LogP contribution in [0.1, 0.15) is 51.9 Å². The van der Waals surface area contributed by atoms with Crippen LogP contribution in [-0.4, -0.2) is 18.7 Å². The van der Waals surface area contributed by atoms with Gasteiger partial charge < -0.3 is 0 Å². The third-order valence-electron chi connectivity index (χ3n) is 6.30. The van der Waals surface area contributed by atoms with E-state index in [1.807, 2.05) is 0 Å². The molecule has 3 rings (SSSR count). The molecule has 0 spiro atoms. The van der Waals surface area contributed by atoms with Crippen LogP contribution < -0.4 is 15.9 Å². The molecule has 0 aliphatic rings. The average molecular weight is 449 g/mol. The van der Waals surface area contributed by atoms with Crippen LogP contribution in [0.5, 0.6) is 0 Å². The van der Waals surface area contributed by atoms with E-state index < -0.39 is 7.26 Å². The normalized spacial score (nSPS) is 11.8. The predicted molar refractivity (Wildman–Crippen MR) is 140 cm³/mol. The fourth-order valence-electron chi connectivity index (χ4n) is 4.69. The summed E-state index contributed by atoms with van der Waals surface area (Å²) in [7, 11) is -2.07. The Hall–Kier alpha value is -2.44. The van der Waals surface area contributed by atoms with Crippen LogP contribution in [0, 0.1) is 0 Å². The molecule has 0 aliphatic heterocycles. The van der Waals surface area contributed by atoms with Gasteiger partial charge in [0.05, 0.1) is 0 Å². The maximum absolute atomic E-state index is 10.8. The summed E-state index contributed by atoms with van der Waals surface area (Å²) in [4.78, 5) is 10.8. The van der Waals surface area contributed by atoms with Gasteiger partial charge in [0.2, 0.25) is 0 Å². The quantitative estimate of drug-likeness (QED) is 0.182. The summed E-state index contributed by atoms with van der Waals surface area (Å²) in [5.41, 5.74) is 0. The summed E-state index contributed by atoms with van der Waals surface area (Å²) < 4.78 is 5.02. The molecule has 0 amide bonds. The van der Waals surface area contributed by atoms with E-state index >= 15 is 0 Å². The van der Waals surface area contributed by atoms with Crippen molar-refractivity contribution < 1.29 is 9.53 Å². The Morgan fingerprint density at radius 2 is 0.969 bits per heavy atom. The van der Waals surface area contributed by atoms with Gasteiger partial charge in [-0.25, -0.2) is 0 Å². The fraction of sp³-hybridized carbons (Fsp3) is 0.345. The molecule has 0 aliphatic carbocycles. The number of hydrogen-bond acceptors (Lipinski definition) is 2. The first kappa shape index (κ1) is 24.2. The Morgan fingerprint density at radius 3 is 1.38 bits per heavy atom. The fourth-order valence-corrected chi connectivity index (χ4v) is 9.62. The molecule has 0 bridgehead atoms. The molecule has 3 heteroatoms. The van der Waals surface area contributed by atoms with E-state index in [-0.39, 0.29) is 5.97 Å². The van der Waals surface area contributed by atoms with Crippen molar-refractivity contribution in [2.45, 2.75) is 51.9 Å². The molecule has 3 aromatic carbocycles. The Bertz CT molecular complexity index is 813. The topological polar surface area (TPSA) is 26.3 Å². The van der Waals surface area contributed by atoms with E-state index in [0.29, 0.717) is 6.61 Å². The van der Waals surface area contributed by atoms with E-state index in [0.717, 1.165) is 12.8 Å². The van der Waals surface area contributed by atoms with Crippen LogP contribution in [0.2, 0.25) is 0 Å². The summed E-state index contributed by atoms with van der Waals surface area (Å²) in [5, 5.41) is 4.51. The number of carbonyl (C=O) groups excluding carboxylic acids is 1. The van der Waals surface area contributed by atoms with Crippen molar-refractivity contribution in [1.29, 1.82) is 0 Å². The van der Waals surface area contributed by atoms with Gasteiger partial charge in [0, 0.05) is 0 Å². The molecule has 0 saturated carbocycles. The molecular weight excluding hydrogens is 411 g/mol. The zero-order valence-corrected chi connectivity index (χ0v) is 20.3. The van der Waals surface area contributed by atoms with E-state index in [1.54, 1.807) is 0 Å². The molecular formula is C29H37O2P. The standard InChI is InChI=1S/C29H37O2P/c1-26(30)31-24-16-5-3-2-4-6-17-25-32(27-18-10-7-11-19-27,28-20-12-8-13-21-28)29-22-14-9-15-23-29/h7-15,18-23,32H,2-6,16-17,24-25H2,1H3. The molecule has 0 saturated heterocycles. The second-order valence-electron chi connectivity index (χ2n) is 8.57. The number of unbranched alkanes of at least 4 members (excludes halogenated alkanes) is 6. The van der Waals surface area contributed by atoms with Gasteiger partial charge in [0.25, 0.3) is 0 Å². The molecule has 0 aromatic heterocycles. The van der Waals surface area contributed by atoms with Gasteiger partial charge in [-0.2, -0.15) is 0 Å². The van der Waals surface area contributed by atoms with Crippen molar-refractivity contribution in [3.8, 4) is 0 Å². The first-order valence-corrected chi connectivity index (χ1v) is 14.2. The van der Waals surface area contributed by atoms with Crippen LogP contribution >= 0.6 is 7.26 Å². The van der Waals surface area contributed by atoms with Crippen LogP contribution in [0.3, 0.4) is 0 Å². The molecule has 0 unspecified atom stereocenters. The van der Waals surface area contributed by atoms with E-state index in [4.69, 9.17) is 4.74 Å². The SMILES string of the molecule is CC(=O)OCCCCCCCCC[PH](c1ccccc1)(c1ccccc1)c1ccccc1. The van der Waals surface area contributed by atoms with Crippen molar-refractivity contribution in [2.24, 2.45) is 0 Å². The molecule has 32 heavy (non-hydrogen) atoms. The van der Waals surface area contributed by atoms with Crippen molar-refractivity contribution in [3.63, 3.8) is 0 Å². The van der Waals surface area contributed by atoms with Gasteiger partial charge in [0.15, 0.2) is 0 Å². The third kappa shape index (κ3) is 6.78. The van der Waals surface area contributed by atoms with Gasteiger partial charge >= 0.3 is 194 Å². The second kappa shape index (κ2) is 13.2. The second-order valence-corrected chi connectivity index (χ2v) is 12.6. The van der Waals surface area contributed by atoms with Gasteiger partial charge in [-0.15, -0.1) is 0 Å². The zero-order valence-electron chi connectivity index (χ0n) is 19.3. The molecule has 0 N–H and O–H groups in total. The first-order valence-electron chi connectivity index (χ1n) is 12.0. The van der Waals surface area contributed by atoms with E-state index in [9.17, 15) is 4.79 Å². The van der Waals surface area contributed by atoms with Crippen molar-refractivity contribution in [2.75, 3.05) is 12.8 Å². The van der Waals surface area contributed by atoms with Crippen LogP contribution in [-0.2, 0) is 9.53 Å². The summed E-state index contributed by atoms with van der Waals surface area (Å²) in [6.07, 6.45) is 9.63. The maximum atomic E-state index is 10.8. The first-order chi connectivity index (χ1) is 15.7. The molecule has 0 radical (unpaired) electrons. The zero-order chi connectivity index (χ0) is 22.5. The molecule has 170 valence electrons. The number of rotatable bonds is 13. The van der Waals surface area contributed by atoms with E-state index in [2.05, 4.69) is 91.0 Å². The van der Waals surface area contributed by atoms with Crippen LogP contribution in [0.15, 0.2) is 91.0 Å². The third-order valence-corrected chi connectivity index (χ3v) is 11.4. The number of esters is 1. The van der Waals surface area contributed by atoms with Crippen molar-refractivity contribution in [1.82, 2.24) is 0 Å². The Labute approximate surface area is 194 Å². The Balaban J connectivity index is 1.66. The summed E-state index contributed by atoms with van der Waals surface area (Å²) in [6.45, 7) is 2.04. The summed E-state index contributed by atoms with van der Waals surface area (Å²) in [5.74, 6) is -0.173. The molecule has 2 nitrogen and oxygen atoms in total. The molecule has 0 atom stereocenters. The average Bonchev–Trinajstić information content (AvgIpc) is 2.84. The minimum atomic E-state index is -2.07. The van der Waals surface area contributed by atoms with Gasteiger partial charge in [-0.05, 0) is 0 Å². The van der Waals surface area contributed by atoms with Crippen LogP contribution in [0.25, 0.3) is 0 Å². The van der Waals surface area contributed by atoms with Gasteiger partial charge in [0.1, 0.15) is 0 Å². The Kier molecular flexibility index (Phi) is 9.98. The summed E-state index contributed by atoms with van der Waals surface area (Å²) >= 11 is 0. The Morgan fingerprint density at radius 1 is 0.594 bits per heavy atom. The number of ether oxygens (including phenoxy) is 1. The number of hydrogen-bond donors (Lipinski definition) is 0.